The van der Waals surface area contributed by atoms with Crippen molar-refractivity contribution in [3.63, 3.8) is 0 Å². The standard InChI is InChI=1S/C7H10ClN3O2S/c1-5-9-6(11(12)13)7(10(5)2)14-4-3-8/h3-4H2,1-2H3. The molecule has 0 saturated carbocycles. The molecule has 0 bridgehead atoms. The number of alkyl halides is 1. The van der Waals surface area contributed by atoms with Gasteiger partial charge in [-0.25, -0.2) is 0 Å². The number of aromatic nitrogens is 2. The molecule has 1 aromatic heterocycles. The first kappa shape index (κ1) is 11.3. The van der Waals surface area contributed by atoms with Gasteiger partial charge >= 0.3 is 5.82 Å². The summed E-state index contributed by atoms with van der Waals surface area (Å²) in [5.74, 6) is 1.65. The van der Waals surface area contributed by atoms with Crippen molar-refractivity contribution >= 4 is 29.2 Å². The van der Waals surface area contributed by atoms with E-state index in [0.29, 0.717) is 22.5 Å². The Morgan fingerprint density at radius 3 is 2.86 bits per heavy atom. The van der Waals surface area contributed by atoms with Crippen LogP contribution in [-0.4, -0.2) is 26.1 Å². The molecule has 0 atom stereocenters. The fourth-order valence-electron chi connectivity index (χ4n) is 0.989. The van der Waals surface area contributed by atoms with E-state index in [9.17, 15) is 10.1 Å². The number of halogens is 1. The fraction of sp³-hybridized carbons (Fsp3) is 0.571. The predicted octanol–water partition coefficient (Wildman–Crippen LogP) is 1.97. The first-order valence-corrected chi connectivity index (χ1v) is 5.46. The lowest BCUT2D eigenvalue weighted by molar-refractivity contribution is -0.392. The topological polar surface area (TPSA) is 61.0 Å². The average molecular weight is 236 g/mol. The maximum absolute atomic E-state index is 10.6. The highest BCUT2D eigenvalue weighted by atomic mass is 35.5. The van der Waals surface area contributed by atoms with Gasteiger partial charge in [0.15, 0.2) is 5.03 Å². The molecule has 0 fully saturated rings. The van der Waals surface area contributed by atoms with Crippen molar-refractivity contribution in [2.75, 3.05) is 11.6 Å². The third-order valence-electron chi connectivity index (χ3n) is 1.74. The van der Waals surface area contributed by atoms with Gasteiger partial charge in [-0.15, -0.1) is 11.6 Å². The molecule has 0 N–H and O–H groups in total. The Labute approximate surface area is 90.6 Å². The van der Waals surface area contributed by atoms with Gasteiger partial charge in [0.25, 0.3) is 0 Å². The summed E-state index contributed by atoms with van der Waals surface area (Å²) in [5.41, 5.74) is 0. The van der Waals surface area contributed by atoms with Gasteiger partial charge in [-0.3, -0.25) is 4.57 Å². The lowest BCUT2D eigenvalue weighted by Crippen LogP contribution is -1.96. The first-order chi connectivity index (χ1) is 6.57. The highest BCUT2D eigenvalue weighted by Gasteiger charge is 2.23. The Kier molecular flexibility index (Phi) is 3.77. The zero-order valence-corrected chi connectivity index (χ0v) is 9.43. The molecule has 0 aromatic carbocycles. The monoisotopic (exact) mass is 235 g/mol. The minimum Gasteiger partial charge on any atom is -0.358 e. The van der Waals surface area contributed by atoms with Gasteiger partial charge in [-0.2, -0.15) is 0 Å². The molecule has 0 aliphatic carbocycles. The van der Waals surface area contributed by atoms with Crippen molar-refractivity contribution < 1.29 is 4.92 Å². The minimum atomic E-state index is -0.469. The van der Waals surface area contributed by atoms with Gasteiger partial charge in [-0.05, 0) is 9.91 Å². The quantitative estimate of drug-likeness (QED) is 0.347. The van der Waals surface area contributed by atoms with E-state index in [0.717, 1.165) is 0 Å². The summed E-state index contributed by atoms with van der Waals surface area (Å²) < 4.78 is 1.70. The SMILES string of the molecule is Cc1nc([N+](=O)[O-])c(SCCCl)n1C. The summed E-state index contributed by atoms with van der Waals surface area (Å²) in [6, 6.07) is 0. The summed E-state index contributed by atoms with van der Waals surface area (Å²) in [6.07, 6.45) is 0. The molecule has 0 aliphatic rings. The van der Waals surface area contributed by atoms with E-state index in [1.54, 1.807) is 18.5 Å². The van der Waals surface area contributed by atoms with Gasteiger partial charge in [0.2, 0.25) is 5.82 Å². The lowest BCUT2D eigenvalue weighted by Gasteiger charge is -1.99. The third kappa shape index (κ3) is 2.19. The number of nitrogens with zero attached hydrogens (tertiary/aromatic N) is 3. The summed E-state index contributed by atoms with van der Waals surface area (Å²) in [7, 11) is 1.76. The largest absolute Gasteiger partial charge is 0.396 e. The van der Waals surface area contributed by atoms with Gasteiger partial charge in [0.1, 0.15) is 0 Å². The second kappa shape index (κ2) is 4.65. The number of thioether (sulfide) groups is 1. The lowest BCUT2D eigenvalue weighted by atomic mass is 10.7. The normalized spacial score (nSPS) is 10.5. The Hall–Kier alpha value is -0.750. The molecule has 1 aromatic rings. The predicted molar refractivity (Wildman–Crippen MR) is 56.0 cm³/mol. The molecule has 7 heteroatoms. The van der Waals surface area contributed by atoms with Crippen LogP contribution in [0.3, 0.4) is 0 Å². The van der Waals surface area contributed by atoms with Gasteiger partial charge < -0.3 is 10.1 Å². The first-order valence-electron chi connectivity index (χ1n) is 3.94. The number of hydrogen-bond acceptors (Lipinski definition) is 4. The molecule has 1 heterocycles. The molecule has 0 spiro atoms. The molecule has 5 nitrogen and oxygen atoms in total. The van der Waals surface area contributed by atoms with Gasteiger partial charge in [-0.1, -0.05) is 11.8 Å². The van der Waals surface area contributed by atoms with Crippen LogP contribution in [0.2, 0.25) is 0 Å². The molecule has 78 valence electrons. The van der Waals surface area contributed by atoms with E-state index in [1.807, 2.05) is 0 Å². The van der Waals surface area contributed by atoms with Crippen LogP contribution in [0.4, 0.5) is 5.82 Å². The highest BCUT2D eigenvalue weighted by Crippen LogP contribution is 2.28. The van der Waals surface area contributed by atoms with Crippen LogP contribution < -0.4 is 0 Å². The van der Waals surface area contributed by atoms with Crippen molar-refractivity contribution in [1.29, 1.82) is 0 Å². The smallest absolute Gasteiger partial charge is 0.358 e. The maximum atomic E-state index is 10.6. The Balaban J connectivity index is 3.03. The molecule has 0 aliphatic heterocycles. The van der Waals surface area contributed by atoms with Crippen LogP contribution in [-0.2, 0) is 7.05 Å². The van der Waals surface area contributed by atoms with Crippen LogP contribution in [0.1, 0.15) is 5.82 Å². The van der Waals surface area contributed by atoms with Crippen LogP contribution in [0.5, 0.6) is 0 Å². The van der Waals surface area contributed by atoms with E-state index in [1.165, 1.54) is 11.8 Å². The molecular formula is C7H10ClN3O2S. The second-order valence-electron chi connectivity index (χ2n) is 2.64. The molecule has 0 amide bonds. The average Bonchev–Trinajstić information content (AvgIpc) is 2.41. The van der Waals surface area contributed by atoms with E-state index < -0.39 is 4.92 Å². The molecule has 1 rings (SSSR count). The number of rotatable bonds is 4. The fourth-order valence-corrected chi connectivity index (χ4v) is 2.07. The summed E-state index contributed by atoms with van der Waals surface area (Å²) >= 11 is 6.87. The van der Waals surface area contributed by atoms with Crippen LogP contribution in [0.15, 0.2) is 5.03 Å². The Bertz CT molecular complexity index is 353. The van der Waals surface area contributed by atoms with E-state index in [-0.39, 0.29) is 5.82 Å². The molecule has 14 heavy (non-hydrogen) atoms. The maximum Gasteiger partial charge on any atom is 0.396 e. The van der Waals surface area contributed by atoms with Crippen molar-refractivity contribution in [2.45, 2.75) is 11.9 Å². The third-order valence-corrected chi connectivity index (χ3v) is 3.29. The van der Waals surface area contributed by atoms with Gasteiger partial charge in [0, 0.05) is 25.6 Å². The van der Waals surface area contributed by atoms with Crippen molar-refractivity contribution in [3.8, 4) is 0 Å². The number of aryl methyl sites for hydroxylation is 1. The molecular weight excluding hydrogens is 226 g/mol. The zero-order valence-electron chi connectivity index (χ0n) is 7.86. The van der Waals surface area contributed by atoms with Crippen LogP contribution in [0.25, 0.3) is 0 Å². The number of imidazole rings is 1. The molecule has 0 unspecified atom stereocenters. The van der Waals surface area contributed by atoms with E-state index in [4.69, 9.17) is 11.6 Å². The summed E-state index contributed by atoms with van der Waals surface area (Å²) in [4.78, 5) is 14.0. The summed E-state index contributed by atoms with van der Waals surface area (Å²) in [6.45, 7) is 1.73. The number of hydrogen-bond donors (Lipinski definition) is 0. The Morgan fingerprint density at radius 1 is 1.71 bits per heavy atom. The van der Waals surface area contributed by atoms with E-state index >= 15 is 0 Å². The van der Waals surface area contributed by atoms with Crippen molar-refractivity contribution in [3.05, 3.63) is 15.9 Å². The van der Waals surface area contributed by atoms with Gasteiger partial charge in [0.05, 0.1) is 0 Å². The van der Waals surface area contributed by atoms with Crippen molar-refractivity contribution in [1.82, 2.24) is 9.55 Å². The molecule has 0 radical (unpaired) electrons. The van der Waals surface area contributed by atoms with E-state index in [2.05, 4.69) is 4.98 Å². The van der Waals surface area contributed by atoms with Crippen LogP contribution >= 0.6 is 23.4 Å². The van der Waals surface area contributed by atoms with Crippen LogP contribution in [0, 0.1) is 17.0 Å². The van der Waals surface area contributed by atoms with Crippen molar-refractivity contribution in [2.24, 2.45) is 7.05 Å². The molecule has 0 saturated heterocycles. The summed E-state index contributed by atoms with van der Waals surface area (Å²) in [5, 5.41) is 11.2. The number of nitro groups is 1. The second-order valence-corrected chi connectivity index (χ2v) is 4.10. The Morgan fingerprint density at radius 2 is 2.36 bits per heavy atom. The minimum absolute atomic E-state index is 0.0832. The highest BCUT2D eigenvalue weighted by molar-refractivity contribution is 7.99. The zero-order chi connectivity index (χ0) is 10.7.